The average Bonchev–Trinajstić information content (AvgIpc) is 3.08. The van der Waals surface area contributed by atoms with E-state index in [2.05, 4.69) is 20.7 Å². The van der Waals surface area contributed by atoms with Gasteiger partial charge in [0.1, 0.15) is 22.7 Å². The molecular weight excluding hydrogens is 354 g/mol. The van der Waals surface area contributed by atoms with E-state index in [1.165, 1.54) is 0 Å². The van der Waals surface area contributed by atoms with Crippen LogP contribution in [0.1, 0.15) is 0 Å². The lowest BCUT2D eigenvalue weighted by atomic mass is 10.1. The summed E-state index contributed by atoms with van der Waals surface area (Å²) in [6.07, 6.45) is 1.58. The zero-order chi connectivity index (χ0) is 17.2. The number of ether oxygens (including phenoxy) is 1. The van der Waals surface area contributed by atoms with Crippen molar-refractivity contribution in [2.45, 2.75) is 0 Å². The highest BCUT2D eigenvalue weighted by Crippen LogP contribution is 2.37. The van der Waals surface area contributed by atoms with Gasteiger partial charge in [0.05, 0.1) is 12.5 Å². The number of aromatic nitrogens is 2. The molecule has 6 heteroatoms. The number of halogens is 1. The Hall–Kier alpha value is -2.63. The van der Waals surface area contributed by atoms with Crippen LogP contribution in [0.25, 0.3) is 21.3 Å². The molecule has 0 aliphatic rings. The Bertz CT molecular complexity index is 1010. The highest BCUT2D eigenvalue weighted by Gasteiger charge is 2.13. The number of hydrogen-bond acceptors (Lipinski definition) is 5. The van der Waals surface area contributed by atoms with Crippen LogP contribution >= 0.6 is 22.9 Å². The minimum atomic E-state index is 0.719. The van der Waals surface area contributed by atoms with Gasteiger partial charge in [-0.25, -0.2) is 9.97 Å². The van der Waals surface area contributed by atoms with Crippen LogP contribution in [0, 0.1) is 0 Å². The summed E-state index contributed by atoms with van der Waals surface area (Å²) in [6.45, 7) is 0. The first kappa shape index (κ1) is 15.9. The summed E-state index contributed by atoms with van der Waals surface area (Å²) in [7, 11) is 1.65. The first-order chi connectivity index (χ1) is 12.2. The van der Waals surface area contributed by atoms with E-state index in [4.69, 9.17) is 16.3 Å². The zero-order valence-electron chi connectivity index (χ0n) is 13.4. The zero-order valence-corrected chi connectivity index (χ0v) is 14.9. The summed E-state index contributed by atoms with van der Waals surface area (Å²) < 4.78 is 5.20. The Morgan fingerprint density at radius 2 is 1.76 bits per heavy atom. The van der Waals surface area contributed by atoms with Crippen molar-refractivity contribution in [3.63, 3.8) is 0 Å². The number of fused-ring (bicyclic) bond motifs is 1. The molecule has 0 bridgehead atoms. The lowest BCUT2D eigenvalue weighted by Gasteiger charge is -2.09. The van der Waals surface area contributed by atoms with Crippen molar-refractivity contribution in [2.24, 2.45) is 0 Å². The van der Waals surface area contributed by atoms with Crippen LogP contribution in [0.15, 0.2) is 60.2 Å². The maximum atomic E-state index is 6.01. The molecule has 0 saturated heterocycles. The molecular formula is C19H14ClN3OS. The van der Waals surface area contributed by atoms with E-state index >= 15 is 0 Å². The van der Waals surface area contributed by atoms with E-state index in [0.29, 0.717) is 0 Å². The van der Waals surface area contributed by atoms with Crippen molar-refractivity contribution in [1.82, 2.24) is 9.97 Å². The van der Waals surface area contributed by atoms with Gasteiger partial charge in [-0.2, -0.15) is 0 Å². The summed E-state index contributed by atoms with van der Waals surface area (Å²) in [5, 5.41) is 7.20. The van der Waals surface area contributed by atoms with Crippen molar-refractivity contribution < 1.29 is 4.74 Å². The number of nitrogens with zero attached hydrogens (tertiary/aromatic N) is 2. The fraction of sp³-hybridized carbons (Fsp3) is 0.0526. The Kier molecular flexibility index (Phi) is 4.26. The number of nitrogens with one attached hydrogen (secondary N) is 1. The Morgan fingerprint density at radius 3 is 2.48 bits per heavy atom. The highest BCUT2D eigenvalue weighted by atomic mass is 35.5. The largest absolute Gasteiger partial charge is 0.497 e. The van der Waals surface area contributed by atoms with Crippen LogP contribution in [-0.4, -0.2) is 17.1 Å². The lowest BCUT2D eigenvalue weighted by Crippen LogP contribution is -1.95. The number of anilines is 2. The minimum Gasteiger partial charge on any atom is -0.497 e. The van der Waals surface area contributed by atoms with Crippen LogP contribution in [0.4, 0.5) is 11.5 Å². The third-order valence-electron chi connectivity index (χ3n) is 3.88. The molecule has 0 aliphatic carbocycles. The maximum Gasteiger partial charge on any atom is 0.143 e. The monoisotopic (exact) mass is 367 g/mol. The minimum absolute atomic E-state index is 0.719. The predicted octanol–water partition coefficient (Wildman–Crippen LogP) is 5.76. The molecule has 0 spiro atoms. The Balaban J connectivity index is 1.78. The van der Waals surface area contributed by atoms with Gasteiger partial charge in [-0.05, 0) is 42.0 Å². The molecule has 0 amide bonds. The third-order valence-corrected chi connectivity index (χ3v) is 5.02. The Morgan fingerprint density at radius 1 is 1.00 bits per heavy atom. The molecule has 0 atom stereocenters. The molecule has 2 aromatic heterocycles. The average molecular weight is 368 g/mol. The SMILES string of the molecule is COc1ccc(Nc2ncnc3scc(-c4ccc(Cl)cc4)c23)cc1. The van der Waals surface area contributed by atoms with Gasteiger partial charge >= 0.3 is 0 Å². The molecule has 0 unspecified atom stereocenters. The van der Waals surface area contributed by atoms with Crippen LogP contribution in [0.5, 0.6) is 5.75 Å². The normalized spacial score (nSPS) is 10.8. The van der Waals surface area contributed by atoms with Gasteiger partial charge in [0, 0.05) is 21.7 Å². The summed E-state index contributed by atoms with van der Waals surface area (Å²) in [4.78, 5) is 9.78. The lowest BCUT2D eigenvalue weighted by molar-refractivity contribution is 0.415. The van der Waals surface area contributed by atoms with Gasteiger partial charge in [-0.15, -0.1) is 11.3 Å². The van der Waals surface area contributed by atoms with E-state index in [0.717, 1.165) is 43.6 Å². The molecule has 2 aromatic carbocycles. The molecule has 0 fully saturated rings. The third kappa shape index (κ3) is 3.16. The van der Waals surface area contributed by atoms with E-state index in [-0.39, 0.29) is 0 Å². The fourth-order valence-corrected chi connectivity index (χ4v) is 3.66. The number of rotatable bonds is 4. The molecule has 124 valence electrons. The second-order valence-corrected chi connectivity index (χ2v) is 6.71. The van der Waals surface area contributed by atoms with E-state index in [1.54, 1.807) is 24.8 Å². The molecule has 4 nitrogen and oxygen atoms in total. The standard InChI is InChI=1S/C19H14ClN3OS/c1-24-15-8-6-14(7-9-15)23-18-17-16(10-25-19(17)22-11-21-18)12-2-4-13(20)5-3-12/h2-11H,1H3,(H,21,22,23). The number of benzene rings is 2. The molecule has 0 radical (unpaired) electrons. The van der Waals surface area contributed by atoms with Crippen molar-refractivity contribution in [2.75, 3.05) is 12.4 Å². The molecule has 2 heterocycles. The van der Waals surface area contributed by atoms with Crippen molar-refractivity contribution in [3.8, 4) is 16.9 Å². The summed E-state index contributed by atoms with van der Waals surface area (Å²) in [6, 6.07) is 15.5. The number of thiophene rings is 1. The van der Waals surface area contributed by atoms with Crippen LogP contribution in [0.3, 0.4) is 0 Å². The molecule has 4 aromatic rings. The molecule has 1 N–H and O–H groups in total. The van der Waals surface area contributed by atoms with Gasteiger partial charge in [0.15, 0.2) is 0 Å². The Labute approximate surface area is 154 Å². The van der Waals surface area contributed by atoms with Crippen LogP contribution in [-0.2, 0) is 0 Å². The molecule has 25 heavy (non-hydrogen) atoms. The second-order valence-electron chi connectivity index (χ2n) is 5.41. The van der Waals surface area contributed by atoms with Crippen LogP contribution < -0.4 is 10.1 Å². The molecule has 0 aliphatic heterocycles. The van der Waals surface area contributed by atoms with E-state index in [9.17, 15) is 0 Å². The van der Waals surface area contributed by atoms with E-state index in [1.807, 2.05) is 48.5 Å². The summed E-state index contributed by atoms with van der Waals surface area (Å²) >= 11 is 7.61. The van der Waals surface area contributed by atoms with Crippen molar-refractivity contribution in [3.05, 3.63) is 65.3 Å². The maximum absolute atomic E-state index is 6.01. The van der Waals surface area contributed by atoms with Gasteiger partial charge in [-0.1, -0.05) is 23.7 Å². The summed E-state index contributed by atoms with van der Waals surface area (Å²) in [5.41, 5.74) is 3.12. The first-order valence-corrected chi connectivity index (χ1v) is 8.89. The molecule has 0 saturated carbocycles. The predicted molar refractivity (Wildman–Crippen MR) is 104 cm³/mol. The smallest absolute Gasteiger partial charge is 0.143 e. The fourth-order valence-electron chi connectivity index (χ4n) is 2.62. The van der Waals surface area contributed by atoms with Crippen molar-refractivity contribution in [1.29, 1.82) is 0 Å². The van der Waals surface area contributed by atoms with Gasteiger partial charge in [0.25, 0.3) is 0 Å². The number of hydrogen-bond donors (Lipinski definition) is 1. The highest BCUT2D eigenvalue weighted by molar-refractivity contribution is 7.17. The van der Waals surface area contributed by atoms with Gasteiger partial charge < -0.3 is 10.1 Å². The van der Waals surface area contributed by atoms with E-state index < -0.39 is 0 Å². The topological polar surface area (TPSA) is 47.0 Å². The van der Waals surface area contributed by atoms with Gasteiger partial charge in [-0.3, -0.25) is 0 Å². The van der Waals surface area contributed by atoms with Crippen LogP contribution in [0.2, 0.25) is 5.02 Å². The first-order valence-electron chi connectivity index (χ1n) is 7.64. The molecule has 4 rings (SSSR count). The second kappa shape index (κ2) is 6.70. The summed E-state index contributed by atoms with van der Waals surface area (Å²) in [5.74, 6) is 1.59. The van der Waals surface area contributed by atoms with Gasteiger partial charge in [0.2, 0.25) is 0 Å². The quantitative estimate of drug-likeness (QED) is 0.497. The van der Waals surface area contributed by atoms with Crippen molar-refractivity contribution >= 4 is 44.7 Å². The number of methoxy groups -OCH3 is 1.